The third kappa shape index (κ3) is 3.24. The number of anilines is 1. The summed E-state index contributed by atoms with van der Waals surface area (Å²) < 4.78 is 2.35. The SMILES string of the molecule is CCCCNc1nccn1C1CCC(C)CC1. The molecule has 0 atom stereocenters. The summed E-state index contributed by atoms with van der Waals surface area (Å²) in [7, 11) is 0. The first-order chi connectivity index (χ1) is 8.31. The van der Waals surface area contributed by atoms with Crippen molar-refractivity contribution in [1.82, 2.24) is 9.55 Å². The zero-order valence-electron chi connectivity index (χ0n) is 11.2. The average molecular weight is 235 g/mol. The summed E-state index contributed by atoms with van der Waals surface area (Å²) >= 11 is 0. The van der Waals surface area contributed by atoms with Gasteiger partial charge in [-0.3, -0.25) is 0 Å². The standard InChI is InChI=1S/C14H25N3/c1-3-4-9-15-14-16-10-11-17(14)13-7-5-12(2)6-8-13/h10-13H,3-9H2,1-2H3,(H,15,16). The van der Waals surface area contributed by atoms with Crippen LogP contribution >= 0.6 is 0 Å². The number of nitrogens with one attached hydrogen (secondary N) is 1. The van der Waals surface area contributed by atoms with Gasteiger partial charge in [-0.05, 0) is 38.0 Å². The Morgan fingerprint density at radius 3 is 2.82 bits per heavy atom. The van der Waals surface area contributed by atoms with E-state index in [0.717, 1.165) is 18.4 Å². The first kappa shape index (κ1) is 12.5. The van der Waals surface area contributed by atoms with Crippen molar-refractivity contribution in [2.24, 2.45) is 5.92 Å². The van der Waals surface area contributed by atoms with Crippen molar-refractivity contribution < 1.29 is 0 Å². The number of imidazole rings is 1. The highest BCUT2D eigenvalue weighted by Gasteiger charge is 2.21. The van der Waals surface area contributed by atoms with Crippen LogP contribution in [0.25, 0.3) is 0 Å². The summed E-state index contributed by atoms with van der Waals surface area (Å²) in [5.74, 6) is 1.98. The van der Waals surface area contributed by atoms with Gasteiger partial charge in [-0.25, -0.2) is 4.98 Å². The third-order valence-corrected chi connectivity index (χ3v) is 3.86. The zero-order chi connectivity index (χ0) is 12.1. The molecule has 0 unspecified atom stereocenters. The van der Waals surface area contributed by atoms with Crippen molar-refractivity contribution >= 4 is 5.95 Å². The van der Waals surface area contributed by atoms with Gasteiger partial charge in [0, 0.05) is 25.0 Å². The lowest BCUT2D eigenvalue weighted by molar-refractivity contribution is 0.291. The molecule has 1 aliphatic carbocycles. The van der Waals surface area contributed by atoms with Crippen LogP contribution in [0.3, 0.4) is 0 Å². The van der Waals surface area contributed by atoms with Gasteiger partial charge in [-0.2, -0.15) is 0 Å². The molecule has 1 fully saturated rings. The highest BCUT2D eigenvalue weighted by molar-refractivity contribution is 5.26. The first-order valence-electron chi connectivity index (χ1n) is 7.08. The maximum atomic E-state index is 4.43. The molecule has 2 rings (SSSR count). The minimum Gasteiger partial charge on any atom is -0.356 e. The van der Waals surface area contributed by atoms with E-state index in [1.165, 1.54) is 38.5 Å². The second kappa shape index (κ2) is 6.08. The summed E-state index contributed by atoms with van der Waals surface area (Å²) in [6.45, 7) is 5.62. The van der Waals surface area contributed by atoms with Crippen LogP contribution < -0.4 is 5.32 Å². The molecule has 1 heterocycles. The Kier molecular flexibility index (Phi) is 4.46. The van der Waals surface area contributed by atoms with E-state index in [9.17, 15) is 0 Å². The number of unbranched alkanes of at least 4 members (excludes halogenated alkanes) is 1. The van der Waals surface area contributed by atoms with Crippen LogP contribution in [0.2, 0.25) is 0 Å². The van der Waals surface area contributed by atoms with E-state index in [-0.39, 0.29) is 0 Å². The van der Waals surface area contributed by atoms with Crippen LogP contribution in [0, 0.1) is 5.92 Å². The molecule has 0 amide bonds. The quantitative estimate of drug-likeness (QED) is 0.786. The van der Waals surface area contributed by atoms with Gasteiger partial charge in [0.05, 0.1) is 0 Å². The Morgan fingerprint density at radius 2 is 2.12 bits per heavy atom. The van der Waals surface area contributed by atoms with Gasteiger partial charge in [0.1, 0.15) is 0 Å². The summed E-state index contributed by atoms with van der Waals surface area (Å²) in [6.07, 6.45) is 11.8. The molecule has 96 valence electrons. The molecular weight excluding hydrogens is 210 g/mol. The second-order valence-electron chi connectivity index (χ2n) is 5.35. The van der Waals surface area contributed by atoms with E-state index in [4.69, 9.17) is 0 Å². The Bertz CT molecular complexity index is 324. The third-order valence-electron chi connectivity index (χ3n) is 3.86. The zero-order valence-corrected chi connectivity index (χ0v) is 11.2. The lowest BCUT2D eigenvalue weighted by atomic mass is 9.87. The minimum atomic E-state index is 0.665. The summed E-state index contributed by atoms with van der Waals surface area (Å²) in [5, 5.41) is 3.45. The van der Waals surface area contributed by atoms with Gasteiger partial charge in [0.25, 0.3) is 0 Å². The number of rotatable bonds is 5. The van der Waals surface area contributed by atoms with E-state index in [1.54, 1.807) is 0 Å². The van der Waals surface area contributed by atoms with Gasteiger partial charge in [0.15, 0.2) is 0 Å². The number of nitrogens with zero attached hydrogens (tertiary/aromatic N) is 2. The van der Waals surface area contributed by atoms with Gasteiger partial charge < -0.3 is 9.88 Å². The Morgan fingerprint density at radius 1 is 1.35 bits per heavy atom. The molecule has 1 aliphatic rings. The first-order valence-corrected chi connectivity index (χ1v) is 7.08. The number of hydrogen-bond acceptors (Lipinski definition) is 2. The fourth-order valence-electron chi connectivity index (χ4n) is 2.64. The molecule has 0 saturated heterocycles. The average Bonchev–Trinajstić information content (AvgIpc) is 2.79. The summed E-state index contributed by atoms with van der Waals surface area (Å²) in [5.41, 5.74) is 0. The Labute approximate surface area is 105 Å². The smallest absolute Gasteiger partial charge is 0.203 e. The molecule has 1 aromatic heterocycles. The van der Waals surface area contributed by atoms with E-state index in [0.29, 0.717) is 6.04 Å². The van der Waals surface area contributed by atoms with Crippen LogP contribution in [0.15, 0.2) is 12.4 Å². The van der Waals surface area contributed by atoms with Crippen LogP contribution in [0.4, 0.5) is 5.95 Å². The van der Waals surface area contributed by atoms with Crippen LogP contribution in [-0.2, 0) is 0 Å². The molecule has 17 heavy (non-hydrogen) atoms. The molecule has 0 spiro atoms. The predicted octanol–water partition coefficient (Wildman–Crippen LogP) is 3.85. The molecule has 1 N–H and O–H groups in total. The maximum Gasteiger partial charge on any atom is 0.203 e. The highest BCUT2D eigenvalue weighted by Crippen LogP contribution is 2.33. The molecular formula is C14H25N3. The lowest BCUT2D eigenvalue weighted by Gasteiger charge is -2.28. The minimum absolute atomic E-state index is 0.665. The van der Waals surface area contributed by atoms with Crippen molar-refractivity contribution in [3.05, 3.63) is 12.4 Å². The van der Waals surface area contributed by atoms with Crippen molar-refractivity contribution in [2.45, 2.75) is 58.4 Å². The Balaban J connectivity index is 1.93. The van der Waals surface area contributed by atoms with E-state index < -0.39 is 0 Å². The molecule has 3 nitrogen and oxygen atoms in total. The number of hydrogen-bond donors (Lipinski definition) is 1. The van der Waals surface area contributed by atoms with E-state index >= 15 is 0 Å². The van der Waals surface area contributed by atoms with Crippen molar-refractivity contribution in [2.75, 3.05) is 11.9 Å². The van der Waals surface area contributed by atoms with Crippen LogP contribution in [0.5, 0.6) is 0 Å². The van der Waals surface area contributed by atoms with Gasteiger partial charge in [0.2, 0.25) is 5.95 Å². The largest absolute Gasteiger partial charge is 0.356 e. The lowest BCUT2D eigenvalue weighted by Crippen LogP contribution is -2.18. The maximum absolute atomic E-state index is 4.43. The van der Waals surface area contributed by atoms with Crippen molar-refractivity contribution in [3.63, 3.8) is 0 Å². The number of aromatic nitrogens is 2. The second-order valence-corrected chi connectivity index (χ2v) is 5.35. The molecule has 3 heteroatoms. The van der Waals surface area contributed by atoms with Gasteiger partial charge in [-0.1, -0.05) is 20.3 Å². The van der Waals surface area contributed by atoms with E-state index in [2.05, 4.69) is 34.9 Å². The van der Waals surface area contributed by atoms with Crippen molar-refractivity contribution in [3.8, 4) is 0 Å². The van der Waals surface area contributed by atoms with Crippen LogP contribution in [-0.4, -0.2) is 16.1 Å². The predicted molar refractivity (Wildman–Crippen MR) is 72.3 cm³/mol. The molecule has 0 aliphatic heterocycles. The monoisotopic (exact) mass is 235 g/mol. The Hall–Kier alpha value is -0.990. The summed E-state index contributed by atoms with van der Waals surface area (Å²) in [4.78, 5) is 4.43. The fraction of sp³-hybridized carbons (Fsp3) is 0.786. The molecule has 1 saturated carbocycles. The normalized spacial score (nSPS) is 24.8. The fourth-order valence-corrected chi connectivity index (χ4v) is 2.64. The van der Waals surface area contributed by atoms with Crippen molar-refractivity contribution in [1.29, 1.82) is 0 Å². The van der Waals surface area contributed by atoms with Crippen LogP contribution in [0.1, 0.15) is 58.4 Å². The van der Waals surface area contributed by atoms with Gasteiger partial charge >= 0.3 is 0 Å². The molecule has 0 radical (unpaired) electrons. The topological polar surface area (TPSA) is 29.9 Å². The molecule has 0 bridgehead atoms. The highest BCUT2D eigenvalue weighted by atomic mass is 15.2. The molecule has 0 aromatic carbocycles. The van der Waals surface area contributed by atoms with Gasteiger partial charge in [-0.15, -0.1) is 0 Å². The summed E-state index contributed by atoms with van der Waals surface area (Å²) in [6, 6.07) is 0.665. The molecule has 1 aromatic rings. The van der Waals surface area contributed by atoms with E-state index in [1.807, 2.05) is 6.20 Å².